The van der Waals surface area contributed by atoms with Gasteiger partial charge in [-0.1, -0.05) is 17.3 Å². The van der Waals surface area contributed by atoms with Crippen LogP contribution in [0.15, 0.2) is 72.2 Å². The minimum absolute atomic E-state index is 0.486. The van der Waals surface area contributed by atoms with E-state index in [4.69, 9.17) is 4.52 Å². The minimum Gasteiger partial charge on any atom is -0.337 e. The second-order valence-corrected chi connectivity index (χ2v) is 5.76. The van der Waals surface area contributed by atoms with Crippen molar-refractivity contribution in [3.05, 3.63) is 73.5 Å². The summed E-state index contributed by atoms with van der Waals surface area (Å²) in [6, 6.07) is 11.8. The summed E-state index contributed by atoms with van der Waals surface area (Å²) in [5.74, 6) is 1.81. The monoisotopic (exact) mass is 343 g/mol. The Morgan fingerprint density at radius 2 is 1.96 bits per heavy atom. The van der Waals surface area contributed by atoms with Crippen LogP contribution in [0.3, 0.4) is 0 Å². The molecule has 5 rings (SSSR count). The Balaban J connectivity index is 1.42. The van der Waals surface area contributed by atoms with Crippen LogP contribution in [-0.4, -0.2) is 34.2 Å². The molecule has 4 heterocycles. The summed E-state index contributed by atoms with van der Waals surface area (Å²) < 4.78 is 9.11. The summed E-state index contributed by atoms with van der Waals surface area (Å²) in [7, 11) is 0. The third-order valence-corrected chi connectivity index (χ3v) is 4.05. The second kappa shape index (κ2) is 5.92. The van der Waals surface area contributed by atoms with Crippen molar-refractivity contribution < 1.29 is 4.52 Å². The molecule has 0 fully saturated rings. The van der Waals surface area contributed by atoms with Crippen molar-refractivity contribution in [2.24, 2.45) is 0 Å². The third kappa shape index (κ3) is 2.53. The predicted octanol–water partition coefficient (Wildman–Crippen LogP) is 2.72. The van der Waals surface area contributed by atoms with Crippen LogP contribution in [0.25, 0.3) is 28.2 Å². The Bertz CT molecular complexity index is 1160. The average Bonchev–Trinajstić information content (AvgIpc) is 3.43. The van der Waals surface area contributed by atoms with Gasteiger partial charge in [-0.3, -0.25) is 4.57 Å². The fourth-order valence-corrected chi connectivity index (χ4v) is 2.78. The van der Waals surface area contributed by atoms with Crippen molar-refractivity contribution in [3.8, 4) is 17.2 Å². The van der Waals surface area contributed by atoms with Gasteiger partial charge in [0, 0.05) is 24.2 Å². The van der Waals surface area contributed by atoms with Gasteiger partial charge in [-0.2, -0.15) is 4.98 Å². The van der Waals surface area contributed by atoms with Gasteiger partial charge in [0.2, 0.25) is 11.7 Å². The first kappa shape index (κ1) is 14.5. The molecule has 0 aliphatic rings. The highest BCUT2D eigenvalue weighted by atomic mass is 16.5. The van der Waals surface area contributed by atoms with E-state index >= 15 is 0 Å². The fourth-order valence-electron chi connectivity index (χ4n) is 2.78. The number of rotatable bonds is 4. The third-order valence-electron chi connectivity index (χ3n) is 4.05. The quantitative estimate of drug-likeness (QED) is 0.498. The zero-order valence-corrected chi connectivity index (χ0v) is 13.6. The van der Waals surface area contributed by atoms with Gasteiger partial charge < -0.3 is 9.09 Å². The standard InChI is InChI=1S/C18H13N7O/c1-2-4-15-14(3-1)21-12-25(15)16-6-5-13(9-20-16)18-22-17(26-23-18)10-24-8-7-19-11-24/h1-9,11-12H,10H2. The molecule has 4 aromatic heterocycles. The van der Waals surface area contributed by atoms with Crippen molar-refractivity contribution in [2.75, 3.05) is 0 Å². The normalized spacial score (nSPS) is 11.2. The SMILES string of the molecule is c1ccc2c(c1)ncn2-c1ccc(-c2noc(Cn3ccnc3)n2)cn1. The molecule has 0 unspecified atom stereocenters. The lowest BCUT2D eigenvalue weighted by molar-refractivity contribution is 0.371. The van der Waals surface area contributed by atoms with E-state index < -0.39 is 0 Å². The molecular formula is C18H13N7O. The maximum atomic E-state index is 5.30. The van der Waals surface area contributed by atoms with Gasteiger partial charge >= 0.3 is 0 Å². The van der Waals surface area contributed by atoms with Crippen LogP contribution in [0.5, 0.6) is 0 Å². The number of benzene rings is 1. The van der Waals surface area contributed by atoms with Gasteiger partial charge in [0.1, 0.15) is 18.7 Å². The number of hydrogen-bond acceptors (Lipinski definition) is 6. The van der Waals surface area contributed by atoms with E-state index in [2.05, 4.69) is 25.1 Å². The van der Waals surface area contributed by atoms with Gasteiger partial charge in [0.25, 0.3) is 0 Å². The van der Waals surface area contributed by atoms with Gasteiger partial charge in [-0.15, -0.1) is 0 Å². The summed E-state index contributed by atoms with van der Waals surface area (Å²) >= 11 is 0. The second-order valence-electron chi connectivity index (χ2n) is 5.76. The Morgan fingerprint density at radius 3 is 2.81 bits per heavy atom. The molecule has 0 spiro atoms. The molecule has 5 aromatic rings. The lowest BCUT2D eigenvalue weighted by Crippen LogP contribution is -1.97. The molecule has 8 nitrogen and oxygen atoms in total. The Kier molecular flexibility index (Phi) is 3.31. The van der Waals surface area contributed by atoms with Gasteiger partial charge in [-0.05, 0) is 24.3 Å². The van der Waals surface area contributed by atoms with Crippen LogP contribution in [0.1, 0.15) is 5.89 Å². The number of hydrogen-bond donors (Lipinski definition) is 0. The Labute approximate surface area is 147 Å². The summed E-state index contributed by atoms with van der Waals surface area (Å²) in [5, 5.41) is 4.03. The molecule has 126 valence electrons. The van der Waals surface area contributed by atoms with E-state index in [0.29, 0.717) is 18.3 Å². The van der Waals surface area contributed by atoms with Crippen LogP contribution in [0.2, 0.25) is 0 Å². The lowest BCUT2D eigenvalue weighted by Gasteiger charge is -2.03. The highest BCUT2D eigenvalue weighted by molar-refractivity contribution is 5.76. The van der Waals surface area contributed by atoms with E-state index in [0.717, 1.165) is 22.4 Å². The topological polar surface area (TPSA) is 87.5 Å². The summed E-state index contributed by atoms with van der Waals surface area (Å²) in [6.45, 7) is 0.486. The number of fused-ring (bicyclic) bond motifs is 1. The summed E-state index contributed by atoms with van der Waals surface area (Å²) in [4.78, 5) is 17.3. The Hall–Kier alpha value is -3.81. The van der Waals surface area contributed by atoms with Crippen LogP contribution in [0.4, 0.5) is 0 Å². The largest absolute Gasteiger partial charge is 0.337 e. The Morgan fingerprint density at radius 1 is 1.00 bits per heavy atom. The van der Waals surface area contributed by atoms with Crippen molar-refractivity contribution in [2.45, 2.75) is 6.54 Å². The molecule has 0 aliphatic carbocycles. The van der Waals surface area contributed by atoms with E-state index in [1.807, 2.05) is 51.7 Å². The van der Waals surface area contributed by atoms with E-state index in [1.54, 1.807) is 25.0 Å². The first-order chi connectivity index (χ1) is 12.9. The fraction of sp³-hybridized carbons (Fsp3) is 0.0556. The van der Waals surface area contributed by atoms with Crippen LogP contribution >= 0.6 is 0 Å². The molecule has 0 saturated heterocycles. The number of nitrogens with zero attached hydrogens (tertiary/aromatic N) is 7. The van der Waals surface area contributed by atoms with E-state index in [9.17, 15) is 0 Å². The predicted molar refractivity (Wildman–Crippen MR) is 93.5 cm³/mol. The number of para-hydroxylation sites is 2. The molecule has 0 radical (unpaired) electrons. The van der Waals surface area contributed by atoms with Crippen molar-refractivity contribution >= 4 is 11.0 Å². The smallest absolute Gasteiger partial charge is 0.246 e. The van der Waals surface area contributed by atoms with Gasteiger partial charge in [0.15, 0.2) is 0 Å². The molecule has 0 amide bonds. The van der Waals surface area contributed by atoms with E-state index in [1.165, 1.54) is 0 Å². The molecule has 0 saturated carbocycles. The van der Waals surface area contributed by atoms with Crippen LogP contribution < -0.4 is 0 Å². The van der Waals surface area contributed by atoms with Crippen LogP contribution in [0, 0.1) is 0 Å². The molecule has 8 heteroatoms. The molecular weight excluding hydrogens is 330 g/mol. The zero-order chi connectivity index (χ0) is 17.3. The summed E-state index contributed by atoms with van der Waals surface area (Å²) in [6.07, 6.45) is 8.76. The zero-order valence-electron chi connectivity index (χ0n) is 13.6. The summed E-state index contributed by atoms with van der Waals surface area (Å²) in [5.41, 5.74) is 2.73. The number of aromatic nitrogens is 7. The van der Waals surface area contributed by atoms with Crippen LogP contribution in [-0.2, 0) is 6.54 Å². The van der Waals surface area contributed by atoms with Gasteiger partial charge in [-0.25, -0.2) is 15.0 Å². The maximum absolute atomic E-state index is 5.30. The molecule has 26 heavy (non-hydrogen) atoms. The molecule has 0 atom stereocenters. The highest BCUT2D eigenvalue weighted by Gasteiger charge is 2.11. The highest BCUT2D eigenvalue weighted by Crippen LogP contribution is 2.19. The first-order valence-electron chi connectivity index (χ1n) is 8.04. The van der Waals surface area contributed by atoms with Crippen molar-refractivity contribution in [1.82, 2.24) is 34.2 Å². The molecule has 0 aliphatic heterocycles. The maximum Gasteiger partial charge on any atom is 0.246 e. The molecule has 0 bridgehead atoms. The average molecular weight is 343 g/mol. The van der Waals surface area contributed by atoms with Gasteiger partial charge in [0.05, 0.1) is 17.4 Å². The number of imidazole rings is 2. The van der Waals surface area contributed by atoms with E-state index in [-0.39, 0.29) is 0 Å². The number of pyridine rings is 1. The lowest BCUT2D eigenvalue weighted by atomic mass is 10.2. The first-order valence-corrected chi connectivity index (χ1v) is 8.04. The van der Waals surface area contributed by atoms with Crippen molar-refractivity contribution in [3.63, 3.8) is 0 Å². The van der Waals surface area contributed by atoms with Crippen molar-refractivity contribution in [1.29, 1.82) is 0 Å². The molecule has 0 N–H and O–H groups in total. The molecule has 1 aromatic carbocycles. The minimum atomic E-state index is 0.486.